The van der Waals surface area contributed by atoms with Crippen molar-refractivity contribution in [1.29, 1.82) is 0 Å². The fourth-order valence-electron chi connectivity index (χ4n) is 3.31. The molecule has 0 saturated carbocycles. The summed E-state index contributed by atoms with van der Waals surface area (Å²) in [7, 11) is 3.08. The van der Waals surface area contributed by atoms with Gasteiger partial charge < -0.3 is 20.1 Å². The molecule has 0 saturated heterocycles. The summed E-state index contributed by atoms with van der Waals surface area (Å²) < 4.78 is 25.5. The van der Waals surface area contributed by atoms with E-state index in [1.165, 1.54) is 30.0 Å². The average Bonchev–Trinajstić information content (AvgIpc) is 3.16. The van der Waals surface area contributed by atoms with Crippen molar-refractivity contribution in [2.24, 2.45) is 0 Å². The van der Waals surface area contributed by atoms with Crippen LogP contribution < -0.4 is 20.1 Å². The number of anilines is 2. The Bertz CT molecular complexity index is 1130. The average molecular weight is 410 g/mol. The summed E-state index contributed by atoms with van der Waals surface area (Å²) in [5.74, 6) is 0.274. The molecule has 1 unspecified atom stereocenters. The Morgan fingerprint density at radius 3 is 2.70 bits per heavy atom. The highest BCUT2D eigenvalue weighted by Crippen LogP contribution is 2.34. The zero-order valence-corrected chi connectivity index (χ0v) is 16.3. The molecule has 0 radical (unpaired) electrons. The molecule has 0 spiro atoms. The van der Waals surface area contributed by atoms with Gasteiger partial charge in [0.1, 0.15) is 17.7 Å². The minimum atomic E-state index is -0.870. The van der Waals surface area contributed by atoms with Gasteiger partial charge in [-0.3, -0.25) is 9.59 Å². The molecular weight excluding hydrogens is 391 g/mol. The van der Waals surface area contributed by atoms with Gasteiger partial charge in [0.25, 0.3) is 0 Å². The molecule has 2 aromatic carbocycles. The number of nitrogens with one attached hydrogen (secondary N) is 2. The maximum absolute atomic E-state index is 13.4. The minimum Gasteiger partial charge on any atom is -0.493 e. The number of nitrogens with zero attached hydrogens (tertiary/aromatic N) is 2. The summed E-state index contributed by atoms with van der Waals surface area (Å²) in [6.07, 6.45) is -0.0821. The van der Waals surface area contributed by atoms with Crippen LogP contribution in [-0.2, 0) is 9.59 Å². The molecule has 2 heterocycles. The van der Waals surface area contributed by atoms with Gasteiger partial charge in [0.15, 0.2) is 11.5 Å². The van der Waals surface area contributed by atoms with E-state index in [1.807, 2.05) is 0 Å². The second kappa shape index (κ2) is 7.86. The molecule has 1 aliphatic heterocycles. The topological polar surface area (TPSA) is 94.5 Å². The molecule has 0 fully saturated rings. The number of methoxy groups -OCH3 is 2. The number of ether oxygens (including phenoxy) is 2. The van der Waals surface area contributed by atoms with Crippen LogP contribution in [0.25, 0.3) is 11.3 Å². The second-order valence-electron chi connectivity index (χ2n) is 6.70. The van der Waals surface area contributed by atoms with E-state index in [1.54, 1.807) is 37.4 Å². The van der Waals surface area contributed by atoms with E-state index in [2.05, 4.69) is 15.7 Å². The number of benzene rings is 2. The number of carbonyl (C=O) groups is 2. The lowest BCUT2D eigenvalue weighted by molar-refractivity contribution is -0.125. The predicted molar refractivity (Wildman–Crippen MR) is 108 cm³/mol. The van der Waals surface area contributed by atoms with Crippen molar-refractivity contribution in [3.8, 4) is 22.8 Å². The molecule has 8 nitrogen and oxygen atoms in total. The molecule has 9 heteroatoms. The zero-order chi connectivity index (χ0) is 21.3. The van der Waals surface area contributed by atoms with Crippen LogP contribution in [0.1, 0.15) is 12.5 Å². The van der Waals surface area contributed by atoms with E-state index >= 15 is 0 Å². The normalized spacial score (nSPS) is 15.2. The smallest absolute Gasteiger partial charge is 0.249 e. The number of rotatable bonds is 5. The van der Waals surface area contributed by atoms with Crippen LogP contribution in [0, 0.1) is 5.82 Å². The summed E-state index contributed by atoms with van der Waals surface area (Å²) in [6, 6.07) is 11.7. The highest BCUT2D eigenvalue weighted by atomic mass is 19.1. The summed E-state index contributed by atoms with van der Waals surface area (Å²) in [4.78, 5) is 25.0. The number of hydrogen-bond donors (Lipinski definition) is 2. The SMILES string of the molecule is COc1ccc(-c2cc3n(n2)C(C(=O)Nc2cccc(F)c2)CC(=O)N3)cc1OC. The first kappa shape index (κ1) is 19.4. The van der Waals surface area contributed by atoms with E-state index in [0.717, 1.165) is 5.56 Å². The Morgan fingerprint density at radius 1 is 1.17 bits per heavy atom. The van der Waals surface area contributed by atoms with Crippen LogP contribution in [0.3, 0.4) is 0 Å². The van der Waals surface area contributed by atoms with E-state index in [0.29, 0.717) is 28.7 Å². The molecule has 30 heavy (non-hydrogen) atoms. The molecular formula is C21H19FN4O4. The van der Waals surface area contributed by atoms with E-state index < -0.39 is 17.8 Å². The molecule has 0 bridgehead atoms. The van der Waals surface area contributed by atoms with Crippen LogP contribution >= 0.6 is 0 Å². The molecule has 1 atom stereocenters. The predicted octanol–water partition coefficient (Wildman–Crippen LogP) is 3.23. The summed E-state index contributed by atoms with van der Waals surface area (Å²) in [5, 5.41) is 9.88. The number of amides is 2. The molecule has 2 amide bonds. The maximum Gasteiger partial charge on any atom is 0.249 e. The van der Waals surface area contributed by atoms with Crippen molar-refractivity contribution in [2.45, 2.75) is 12.5 Å². The fourth-order valence-corrected chi connectivity index (χ4v) is 3.31. The molecule has 2 N–H and O–H groups in total. The Hall–Kier alpha value is -3.88. The lowest BCUT2D eigenvalue weighted by atomic mass is 10.1. The molecule has 0 aliphatic carbocycles. The molecule has 154 valence electrons. The van der Waals surface area contributed by atoms with Crippen molar-refractivity contribution in [3.05, 3.63) is 54.3 Å². The monoisotopic (exact) mass is 410 g/mol. The van der Waals surface area contributed by atoms with Gasteiger partial charge in [-0.05, 0) is 36.4 Å². The highest BCUT2D eigenvalue weighted by Gasteiger charge is 2.32. The van der Waals surface area contributed by atoms with E-state index in [9.17, 15) is 14.0 Å². The van der Waals surface area contributed by atoms with Gasteiger partial charge in [-0.15, -0.1) is 0 Å². The van der Waals surface area contributed by atoms with Gasteiger partial charge in [0.2, 0.25) is 11.8 Å². The van der Waals surface area contributed by atoms with Gasteiger partial charge in [-0.1, -0.05) is 6.07 Å². The van der Waals surface area contributed by atoms with Gasteiger partial charge in [-0.2, -0.15) is 5.10 Å². The first-order valence-electron chi connectivity index (χ1n) is 9.16. The summed E-state index contributed by atoms with van der Waals surface area (Å²) in [5.41, 5.74) is 1.59. The minimum absolute atomic E-state index is 0.0821. The molecule has 1 aliphatic rings. The van der Waals surface area contributed by atoms with Crippen LogP contribution in [-0.4, -0.2) is 35.8 Å². The third-order valence-electron chi connectivity index (χ3n) is 4.75. The van der Waals surface area contributed by atoms with Gasteiger partial charge in [-0.25, -0.2) is 9.07 Å². The van der Waals surface area contributed by atoms with Crippen LogP contribution in [0.2, 0.25) is 0 Å². The Labute approximate surface area is 171 Å². The fraction of sp³-hybridized carbons (Fsp3) is 0.190. The van der Waals surface area contributed by atoms with E-state index in [4.69, 9.17) is 9.47 Å². The van der Waals surface area contributed by atoms with Crippen LogP contribution in [0.4, 0.5) is 15.9 Å². The molecule has 3 aromatic rings. The quantitative estimate of drug-likeness (QED) is 0.674. The number of hydrogen-bond acceptors (Lipinski definition) is 5. The zero-order valence-electron chi connectivity index (χ0n) is 16.3. The maximum atomic E-state index is 13.4. The van der Waals surface area contributed by atoms with E-state index in [-0.39, 0.29) is 12.3 Å². The van der Waals surface area contributed by atoms with Crippen LogP contribution in [0.5, 0.6) is 11.5 Å². The van der Waals surface area contributed by atoms with Crippen molar-refractivity contribution in [1.82, 2.24) is 9.78 Å². The number of fused-ring (bicyclic) bond motifs is 1. The lowest BCUT2D eigenvalue weighted by Crippen LogP contribution is -2.35. The third-order valence-corrected chi connectivity index (χ3v) is 4.75. The van der Waals surface area contributed by atoms with Crippen LogP contribution in [0.15, 0.2) is 48.5 Å². The summed E-state index contributed by atoms with van der Waals surface area (Å²) >= 11 is 0. The Kier molecular flexibility index (Phi) is 5.09. The van der Waals surface area contributed by atoms with Gasteiger partial charge in [0, 0.05) is 17.3 Å². The number of aromatic nitrogens is 2. The summed E-state index contributed by atoms with van der Waals surface area (Å²) in [6.45, 7) is 0. The van der Waals surface area contributed by atoms with Crippen molar-refractivity contribution >= 4 is 23.3 Å². The first-order chi connectivity index (χ1) is 14.5. The number of carbonyl (C=O) groups excluding carboxylic acids is 2. The van der Waals surface area contributed by atoms with Crippen molar-refractivity contribution in [3.63, 3.8) is 0 Å². The first-order valence-corrected chi connectivity index (χ1v) is 9.16. The third kappa shape index (κ3) is 3.69. The second-order valence-corrected chi connectivity index (χ2v) is 6.70. The van der Waals surface area contributed by atoms with Crippen molar-refractivity contribution in [2.75, 3.05) is 24.9 Å². The standard InChI is InChI=1S/C21H19FN4O4/c1-29-17-7-6-12(8-18(17)30-2)15-10-19-24-20(27)11-16(26(19)25-15)21(28)23-14-5-3-4-13(22)9-14/h3-10,16H,11H2,1-2H3,(H,23,28)(H,24,27). The Balaban J connectivity index is 1.66. The van der Waals surface area contributed by atoms with Gasteiger partial charge in [0.05, 0.1) is 26.3 Å². The largest absolute Gasteiger partial charge is 0.493 e. The lowest BCUT2D eigenvalue weighted by Gasteiger charge is -2.23. The van der Waals surface area contributed by atoms with Crippen molar-refractivity contribution < 1.29 is 23.5 Å². The van der Waals surface area contributed by atoms with Gasteiger partial charge >= 0.3 is 0 Å². The highest BCUT2D eigenvalue weighted by molar-refractivity contribution is 6.01. The molecule has 1 aromatic heterocycles. The molecule has 4 rings (SSSR count). The number of halogens is 1. The Morgan fingerprint density at radius 2 is 1.97 bits per heavy atom.